The zero-order chi connectivity index (χ0) is 20.7. The standard InChI is InChI=1S/C21H18Cl2N2O3S/c1-10-5-6-12-16(9-10)29-21(17(12)19(24)26)25-20(27)15-8-7-14(28-15)11-3-2-4-13(22)18(11)23/h2-4,7-8,10H,5-6,9H2,1H3,(H2,24,26)(H,25,27)/t10-/m0/s1. The van der Waals surface area contributed by atoms with Crippen LogP contribution in [0.25, 0.3) is 11.3 Å². The van der Waals surface area contributed by atoms with Crippen molar-refractivity contribution in [2.24, 2.45) is 11.7 Å². The molecule has 0 saturated carbocycles. The van der Waals surface area contributed by atoms with E-state index in [1.165, 1.54) is 11.3 Å². The van der Waals surface area contributed by atoms with E-state index in [0.717, 1.165) is 29.7 Å². The molecule has 3 aromatic rings. The van der Waals surface area contributed by atoms with Gasteiger partial charge in [-0.15, -0.1) is 11.3 Å². The van der Waals surface area contributed by atoms with Gasteiger partial charge in [0.05, 0.1) is 15.6 Å². The van der Waals surface area contributed by atoms with Gasteiger partial charge in [-0.25, -0.2) is 0 Å². The maximum absolute atomic E-state index is 12.8. The number of fused-ring (bicyclic) bond motifs is 1. The number of furan rings is 1. The van der Waals surface area contributed by atoms with Crippen LogP contribution in [0.5, 0.6) is 0 Å². The number of thiophene rings is 1. The van der Waals surface area contributed by atoms with Crippen LogP contribution in [0.2, 0.25) is 10.0 Å². The van der Waals surface area contributed by atoms with Crippen LogP contribution in [0.1, 0.15) is 44.7 Å². The number of primary amides is 1. The average molecular weight is 449 g/mol. The van der Waals surface area contributed by atoms with Crippen molar-refractivity contribution in [3.05, 3.63) is 62.1 Å². The Kier molecular flexibility index (Phi) is 5.42. The summed E-state index contributed by atoms with van der Waals surface area (Å²) in [5, 5.41) is 4.02. The quantitative estimate of drug-likeness (QED) is 0.529. The van der Waals surface area contributed by atoms with Crippen molar-refractivity contribution in [2.75, 3.05) is 5.32 Å². The average Bonchev–Trinajstić information content (AvgIpc) is 3.28. The van der Waals surface area contributed by atoms with Crippen molar-refractivity contribution in [3.8, 4) is 11.3 Å². The SMILES string of the molecule is C[C@H]1CCc2c(sc(NC(=O)c3ccc(-c4cccc(Cl)c4Cl)o3)c2C(N)=O)C1. The van der Waals surface area contributed by atoms with E-state index in [2.05, 4.69) is 12.2 Å². The summed E-state index contributed by atoms with van der Waals surface area (Å²) in [6, 6.07) is 8.40. The van der Waals surface area contributed by atoms with Crippen molar-refractivity contribution in [2.45, 2.75) is 26.2 Å². The Morgan fingerprint density at radius 2 is 2.03 bits per heavy atom. The highest BCUT2D eigenvalue weighted by molar-refractivity contribution is 7.17. The number of hydrogen-bond donors (Lipinski definition) is 2. The van der Waals surface area contributed by atoms with Crippen LogP contribution in [-0.4, -0.2) is 11.8 Å². The molecule has 1 aliphatic carbocycles. The van der Waals surface area contributed by atoms with Crippen LogP contribution in [0.3, 0.4) is 0 Å². The van der Waals surface area contributed by atoms with Crippen molar-refractivity contribution in [3.63, 3.8) is 0 Å². The maximum atomic E-state index is 12.8. The molecule has 0 unspecified atom stereocenters. The number of nitrogens with two attached hydrogens (primary N) is 1. The normalized spacial score (nSPS) is 15.8. The van der Waals surface area contributed by atoms with Crippen LogP contribution in [0.15, 0.2) is 34.7 Å². The highest BCUT2D eigenvalue weighted by Crippen LogP contribution is 2.40. The molecule has 29 heavy (non-hydrogen) atoms. The number of carbonyl (C=O) groups is 2. The fourth-order valence-corrected chi connectivity index (χ4v) is 5.37. The van der Waals surface area contributed by atoms with E-state index in [0.29, 0.717) is 37.9 Å². The van der Waals surface area contributed by atoms with Crippen molar-refractivity contribution in [1.82, 2.24) is 0 Å². The lowest BCUT2D eigenvalue weighted by Crippen LogP contribution is -2.19. The molecule has 0 radical (unpaired) electrons. The summed E-state index contributed by atoms with van der Waals surface area (Å²) >= 11 is 13.7. The molecule has 5 nitrogen and oxygen atoms in total. The first-order chi connectivity index (χ1) is 13.8. The fraction of sp³-hybridized carbons (Fsp3) is 0.238. The number of rotatable bonds is 4. The zero-order valence-corrected chi connectivity index (χ0v) is 17.9. The van der Waals surface area contributed by atoms with Crippen LogP contribution in [-0.2, 0) is 12.8 Å². The van der Waals surface area contributed by atoms with Gasteiger partial charge in [0.15, 0.2) is 5.76 Å². The van der Waals surface area contributed by atoms with E-state index >= 15 is 0 Å². The summed E-state index contributed by atoms with van der Waals surface area (Å²) in [7, 11) is 0. The molecule has 0 bridgehead atoms. The third-order valence-electron chi connectivity index (χ3n) is 5.03. The Bertz CT molecular complexity index is 1120. The Labute approximate surface area is 181 Å². The van der Waals surface area contributed by atoms with Gasteiger partial charge < -0.3 is 15.5 Å². The van der Waals surface area contributed by atoms with Gasteiger partial charge in [0.1, 0.15) is 10.8 Å². The molecule has 1 aliphatic rings. The molecule has 1 atom stereocenters. The third-order valence-corrected chi connectivity index (χ3v) is 7.02. The van der Waals surface area contributed by atoms with Crippen molar-refractivity contribution in [1.29, 1.82) is 0 Å². The second kappa shape index (κ2) is 7.86. The van der Waals surface area contributed by atoms with E-state index in [-0.39, 0.29) is 5.76 Å². The Balaban J connectivity index is 1.62. The van der Waals surface area contributed by atoms with Gasteiger partial charge in [0.25, 0.3) is 11.8 Å². The lowest BCUT2D eigenvalue weighted by atomic mass is 9.88. The first kappa shape index (κ1) is 20.0. The maximum Gasteiger partial charge on any atom is 0.292 e. The molecular weight excluding hydrogens is 431 g/mol. The summed E-state index contributed by atoms with van der Waals surface area (Å²) in [4.78, 5) is 25.9. The number of halogens is 2. The number of nitrogens with one attached hydrogen (secondary N) is 1. The topological polar surface area (TPSA) is 85.3 Å². The summed E-state index contributed by atoms with van der Waals surface area (Å²) in [5.41, 5.74) is 7.57. The summed E-state index contributed by atoms with van der Waals surface area (Å²) in [5.74, 6) is 0.0884. The smallest absolute Gasteiger partial charge is 0.292 e. The molecule has 0 saturated heterocycles. The third kappa shape index (κ3) is 3.80. The molecule has 1 aromatic carbocycles. The minimum atomic E-state index is -0.529. The molecule has 2 heterocycles. The number of carbonyl (C=O) groups excluding carboxylic acids is 2. The van der Waals surface area contributed by atoms with Crippen LogP contribution >= 0.6 is 34.5 Å². The lowest BCUT2D eigenvalue weighted by Gasteiger charge is -2.18. The molecule has 8 heteroatoms. The van der Waals surface area contributed by atoms with Gasteiger partial charge in [-0.3, -0.25) is 9.59 Å². The Hall–Kier alpha value is -2.28. The molecule has 4 rings (SSSR count). The molecular formula is C21H18Cl2N2O3S. The Morgan fingerprint density at radius 1 is 1.24 bits per heavy atom. The highest BCUT2D eigenvalue weighted by atomic mass is 35.5. The van der Waals surface area contributed by atoms with Crippen LogP contribution < -0.4 is 11.1 Å². The monoisotopic (exact) mass is 448 g/mol. The molecule has 150 valence electrons. The van der Waals surface area contributed by atoms with E-state index in [4.69, 9.17) is 33.4 Å². The number of hydrogen-bond acceptors (Lipinski definition) is 4. The molecule has 0 aliphatic heterocycles. The van der Waals surface area contributed by atoms with Crippen LogP contribution in [0.4, 0.5) is 5.00 Å². The molecule has 3 N–H and O–H groups in total. The van der Waals surface area contributed by atoms with Gasteiger partial charge in [0.2, 0.25) is 0 Å². The second-order valence-corrected chi connectivity index (χ2v) is 9.03. The Morgan fingerprint density at radius 3 is 2.79 bits per heavy atom. The fourth-order valence-electron chi connectivity index (χ4n) is 3.56. The van der Waals surface area contributed by atoms with Gasteiger partial charge >= 0.3 is 0 Å². The predicted octanol–water partition coefficient (Wildman–Crippen LogP) is 5.79. The minimum absolute atomic E-state index is 0.103. The summed E-state index contributed by atoms with van der Waals surface area (Å²) < 4.78 is 5.69. The summed E-state index contributed by atoms with van der Waals surface area (Å²) in [6.07, 6.45) is 2.67. The van der Waals surface area contributed by atoms with Crippen molar-refractivity contribution < 1.29 is 14.0 Å². The molecule has 0 spiro atoms. The molecule has 0 fully saturated rings. The van der Waals surface area contributed by atoms with Gasteiger partial charge in [-0.05, 0) is 55.0 Å². The van der Waals surface area contributed by atoms with Crippen LogP contribution in [0, 0.1) is 5.92 Å². The second-order valence-electron chi connectivity index (χ2n) is 7.14. The summed E-state index contributed by atoms with van der Waals surface area (Å²) in [6.45, 7) is 2.18. The number of amides is 2. The first-order valence-electron chi connectivity index (χ1n) is 9.15. The van der Waals surface area contributed by atoms with Gasteiger partial charge in [0, 0.05) is 10.4 Å². The van der Waals surface area contributed by atoms with E-state index in [9.17, 15) is 9.59 Å². The van der Waals surface area contributed by atoms with E-state index in [1.807, 2.05) is 0 Å². The first-order valence-corrected chi connectivity index (χ1v) is 10.7. The zero-order valence-electron chi connectivity index (χ0n) is 15.6. The van der Waals surface area contributed by atoms with E-state index in [1.54, 1.807) is 30.3 Å². The van der Waals surface area contributed by atoms with Gasteiger partial charge in [-0.1, -0.05) is 36.2 Å². The largest absolute Gasteiger partial charge is 0.451 e. The lowest BCUT2D eigenvalue weighted by molar-refractivity contribution is 0.0997. The van der Waals surface area contributed by atoms with Gasteiger partial charge in [-0.2, -0.15) is 0 Å². The highest BCUT2D eigenvalue weighted by Gasteiger charge is 2.28. The molecule has 2 amide bonds. The van der Waals surface area contributed by atoms with Crippen molar-refractivity contribution >= 4 is 51.4 Å². The minimum Gasteiger partial charge on any atom is -0.451 e. The number of benzene rings is 1. The molecule has 2 aromatic heterocycles. The number of anilines is 1. The predicted molar refractivity (Wildman–Crippen MR) is 116 cm³/mol. The van der Waals surface area contributed by atoms with E-state index < -0.39 is 11.8 Å².